The van der Waals surface area contributed by atoms with Crippen LogP contribution in [0.2, 0.25) is 0 Å². The number of nitrogens with zero attached hydrogens (tertiary/aromatic N) is 2. The number of aromatic nitrogens is 2. The van der Waals surface area contributed by atoms with E-state index in [0.29, 0.717) is 0 Å². The maximum absolute atomic E-state index is 6.09. The number of fused-ring (bicyclic) bond motifs is 3. The Hall–Kier alpha value is -4.37. The molecule has 3 aromatic heterocycles. The second-order valence-corrected chi connectivity index (χ2v) is 10.9. The van der Waals surface area contributed by atoms with Crippen molar-refractivity contribution in [1.29, 1.82) is 0 Å². The van der Waals surface area contributed by atoms with E-state index >= 15 is 0 Å². The van der Waals surface area contributed by atoms with Crippen LogP contribution in [0.25, 0.3) is 55.6 Å². The molecule has 209 valence electrons. The standard InChI is InChI=1S/C21H18NO.C17H12N.Ir/c1-21(2,3)14-11-12-22-18(13-14)17-9-6-8-16-15-7-4-5-10-19(15)23-20(16)17;1-3-7-14(8-4-1)16-11-12-18-17(13-16)15-9-5-2-6-10-15;/h4-8,10-13H,1-3H3;1-9,11-13H;/q2*-1;. The van der Waals surface area contributed by atoms with E-state index in [1.807, 2.05) is 85.2 Å². The number of hydrogen-bond acceptors (Lipinski definition) is 3. The Bertz CT molecular complexity index is 1870. The summed E-state index contributed by atoms with van der Waals surface area (Å²) < 4.78 is 6.09. The molecule has 0 bridgehead atoms. The fraction of sp³-hybridized carbons (Fsp3) is 0.105. The minimum absolute atomic E-state index is 0. The molecule has 0 fully saturated rings. The van der Waals surface area contributed by atoms with E-state index in [4.69, 9.17) is 4.42 Å². The first-order chi connectivity index (χ1) is 20.0. The number of pyridine rings is 2. The van der Waals surface area contributed by atoms with Gasteiger partial charge in [0.25, 0.3) is 0 Å². The van der Waals surface area contributed by atoms with E-state index in [-0.39, 0.29) is 25.5 Å². The molecular weight excluding hydrogens is 693 g/mol. The first-order valence-corrected chi connectivity index (χ1v) is 13.7. The van der Waals surface area contributed by atoms with E-state index in [1.54, 1.807) is 0 Å². The van der Waals surface area contributed by atoms with E-state index < -0.39 is 0 Å². The van der Waals surface area contributed by atoms with E-state index in [0.717, 1.165) is 44.5 Å². The molecule has 0 saturated carbocycles. The fourth-order valence-electron chi connectivity index (χ4n) is 4.86. The molecule has 0 aliphatic heterocycles. The van der Waals surface area contributed by atoms with Gasteiger partial charge in [0, 0.05) is 37.9 Å². The van der Waals surface area contributed by atoms with Crippen LogP contribution in [0.5, 0.6) is 0 Å². The van der Waals surface area contributed by atoms with Crippen molar-refractivity contribution in [2.24, 2.45) is 0 Å². The van der Waals surface area contributed by atoms with Crippen molar-refractivity contribution in [2.45, 2.75) is 26.2 Å². The van der Waals surface area contributed by atoms with Gasteiger partial charge in [0.2, 0.25) is 0 Å². The number of benzene rings is 4. The molecule has 7 rings (SSSR count). The summed E-state index contributed by atoms with van der Waals surface area (Å²) >= 11 is 0. The van der Waals surface area contributed by atoms with Crippen LogP contribution in [0.3, 0.4) is 0 Å². The molecule has 7 aromatic rings. The van der Waals surface area contributed by atoms with Gasteiger partial charge in [0.05, 0.1) is 5.58 Å². The summed E-state index contributed by atoms with van der Waals surface area (Å²) in [6.07, 6.45) is 3.71. The van der Waals surface area contributed by atoms with Crippen molar-refractivity contribution in [2.75, 3.05) is 0 Å². The largest absolute Gasteiger partial charge is 0.501 e. The second kappa shape index (κ2) is 12.6. The Balaban J connectivity index is 0.000000169. The van der Waals surface area contributed by atoms with Crippen molar-refractivity contribution >= 4 is 21.9 Å². The number of rotatable bonds is 3. The number of para-hydroxylation sites is 1. The summed E-state index contributed by atoms with van der Waals surface area (Å²) in [5.41, 5.74) is 9.28. The molecule has 3 heterocycles. The van der Waals surface area contributed by atoms with E-state index in [2.05, 4.69) is 85.3 Å². The van der Waals surface area contributed by atoms with Gasteiger partial charge in [-0.05, 0) is 51.7 Å². The Morgan fingerprint density at radius 2 is 1.36 bits per heavy atom. The van der Waals surface area contributed by atoms with Crippen LogP contribution < -0.4 is 0 Å². The van der Waals surface area contributed by atoms with Gasteiger partial charge in [0.15, 0.2) is 0 Å². The zero-order chi connectivity index (χ0) is 28.2. The molecule has 42 heavy (non-hydrogen) atoms. The van der Waals surface area contributed by atoms with Crippen LogP contribution in [-0.4, -0.2) is 9.97 Å². The van der Waals surface area contributed by atoms with Gasteiger partial charge in [-0.25, -0.2) is 0 Å². The van der Waals surface area contributed by atoms with Crippen molar-refractivity contribution in [3.8, 4) is 33.6 Å². The molecule has 4 heteroatoms. The van der Waals surface area contributed by atoms with Crippen LogP contribution >= 0.6 is 0 Å². The second-order valence-electron chi connectivity index (χ2n) is 10.9. The summed E-state index contributed by atoms with van der Waals surface area (Å²) in [5.74, 6) is 0. The Kier molecular flexibility index (Phi) is 8.77. The monoisotopic (exact) mass is 723 g/mol. The summed E-state index contributed by atoms with van der Waals surface area (Å²) in [5, 5.41) is 2.24. The predicted octanol–water partition coefficient (Wildman–Crippen LogP) is 9.96. The Labute approximate surface area is 260 Å². The van der Waals surface area contributed by atoms with Gasteiger partial charge in [-0.3, -0.25) is 0 Å². The van der Waals surface area contributed by atoms with Gasteiger partial charge in [-0.1, -0.05) is 92.4 Å². The normalized spacial score (nSPS) is 11.0. The molecule has 0 atom stereocenters. The molecular formula is C38H30IrN2O-2. The maximum Gasteiger partial charge on any atom is 0.120 e. The van der Waals surface area contributed by atoms with Crippen molar-refractivity contribution in [3.63, 3.8) is 0 Å². The third-order valence-electron chi connectivity index (χ3n) is 7.07. The van der Waals surface area contributed by atoms with Crippen molar-refractivity contribution < 1.29 is 24.5 Å². The van der Waals surface area contributed by atoms with Gasteiger partial charge in [0.1, 0.15) is 5.58 Å². The molecule has 0 unspecified atom stereocenters. The van der Waals surface area contributed by atoms with Crippen LogP contribution in [0.1, 0.15) is 26.3 Å². The molecule has 0 aliphatic rings. The van der Waals surface area contributed by atoms with Crippen LogP contribution in [0.4, 0.5) is 0 Å². The van der Waals surface area contributed by atoms with Gasteiger partial charge < -0.3 is 14.4 Å². The molecule has 0 saturated heterocycles. The Morgan fingerprint density at radius 1 is 0.619 bits per heavy atom. The molecule has 4 aromatic carbocycles. The Morgan fingerprint density at radius 3 is 2.14 bits per heavy atom. The first-order valence-electron chi connectivity index (χ1n) is 13.7. The van der Waals surface area contributed by atoms with Crippen LogP contribution in [-0.2, 0) is 25.5 Å². The van der Waals surface area contributed by atoms with Gasteiger partial charge in [-0.2, -0.15) is 0 Å². The fourth-order valence-corrected chi connectivity index (χ4v) is 4.86. The minimum atomic E-state index is 0. The average molecular weight is 723 g/mol. The molecule has 0 aliphatic carbocycles. The molecule has 0 spiro atoms. The zero-order valence-corrected chi connectivity index (χ0v) is 26.2. The quantitative estimate of drug-likeness (QED) is 0.171. The average Bonchev–Trinajstić information content (AvgIpc) is 3.41. The summed E-state index contributed by atoms with van der Waals surface area (Å²) in [4.78, 5) is 8.96. The topological polar surface area (TPSA) is 38.9 Å². The maximum atomic E-state index is 6.09. The molecule has 3 nitrogen and oxygen atoms in total. The van der Waals surface area contributed by atoms with E-state index in [1.165, 1.54) is 16.7 Å². The van der Waals surface area contributed by atoms with Crippen molar-refractivity contribution in [1.82, 2.24) is 9.97 Å². The number of furan rings is 1. The van der Waals surface area contributed by atoms with Crippen molar-refractivity contribution in [3.05, 3.63) is 145 Å². The minimum Gasteiger partial charge on any atom is -0.501 e. The molecule has 0 amide bonds. The summed E-state index contributed by atoms with van der Waals surface area (Å²) in [6, 6.07) is 45.2. The van der Waals surface area contributed by atoms with E-state index in [9.17, 15) is 0 Å². The third-order valence-corrected chi connectivity index (χ3v) is 7.07. The van der Waals surface area contributed by atoms with Crippen LogP contribution in [0, 0.1) is 12.1 Å². The molecule has 0 N–H and O–H groups in total. The summed E-state index contributed by atoms with van der Waals surface area (Å²) in [6.45, 7) is 6.62. The van der Waals surface area contributed by atoms with Gasteiger partial charge in [-0.15, -0.1) is 54.1 Å². The summed E-state index contributed by atoms with van der Waals surface area (Å²) in [7, 11) is 0. The van der Waals surface area contributed by atoms with Gasteiger partial charge >= 0.3 is 0 Å². The zero-order valence-electron chi connectivity index (χ0n) is 23.8. The third kappa shape index (κ3) is 6.26. The predicted molar refractivity (Wildman–Crippen MR) is 168 cm³/mol. The number of hydrogen-bond donors (Lipinski definition) is 0. The first kappa shape index (κ1) is 29.1. The van der Waals surface area contributed by atoms with Crippen LogP contribution in [0.15, 0.2) is 132 Å². The molecule has 1 radical (unpaired) electrons. The smallest absolute Gasteiger partial charge is 0.120 e. The SMILES string of the molecule is CC(C)(C)c1ccnc(-c2[c-]ccc3c2oc2ccccc23)c1.[Ir].[c-]1ccccc1-c1cc(-c2ccccc2)ccn1.